The first-order valence-electron chi connectivity index (χ1n) is 7.40. The van der Waals surface area contributed by atoms with Gasteiger partial charge in [0.1, 0.15) is 5.41 Å². The van der Waals surface area contributed by atoms with Gasteiger partial charge in [-0.2, -0.15) is 5.26 Å². The zero-order valence-corrected chi connectivity index (χ0v) is 12.3. The molecule has 1 saturated carbocycles. The highest BCUT2D eigenvalue weighted by molar-refractivity contribution is 5.97. The molecule has 0 saturated heterocycles. The lowest BCUT2D eigenvalue weighted by Crippen LogP contribution is -2.36. The van der Waals surface area contributed by atoms with Gasteiger partial charge in [-0.1, -0.05) is 45.2 Å². The molecule has 0 atom stereocenters. The van der Waals surface area contributed by atoms with Crippen LogP contribution in [-0.4, -0.2) is 5.91 Å². The summed E-state index contributed by atoms with van der Waals surface area (Å²) >= 11 is 0. The second-order valence-corrected chi connectivity index (χ2v) is 5.99. The zero-order chi connectivity index (χ0) is 14.6. The van der Waals surface area contributed by atoms with Crippen LogP contribution in [0.3, 0.4) is 0 Å². The van der Waals surface area contributed by atoms with E-state index in [0.29, 0.717) is 18.8 Å². The number of amides is 1. The Morgan fingerprint density at radius 3 is 2.30 bits per heavy atom. The summed E-state index contributed by atoms with van der Waals surface area (Å²) in [6.07, 6.45) is 4.42. The number of rotatable bonds is 3. The van der Waals surface area contributed by atoms with Gasteiger partial charge in [-0.3, -0.25) is 4.79 Å². The zero-order valence-electron chi connectivity index (χ0n) is 12.3. The van der Waals surface area contributed by atoms with Crippen LogP contribution in [0.2, 0.25) is 0 Å². The smallest absolute Gasteiger partial charge is 0.244 e. The van der Waals surface area contributed by atoms with Crippen molar-refractivity contribution in [3.05, 3.63) is 29.8 Å². The number of carbonyl (C=O) groups excluding carboxylic acids is 1. The molecule has 20 heavy (non-hydrogen) atoms. The van der Waals surface area contributed by atoms with Crippen molar-refractivity contribution in [1.82, 2.24) is 0 Å². The van der Waals surface area contributed by atoms with Crippen LogP contribution in [0.15, 0.2) is 24.3 Å². The highest BCUT2D eigenvalue weighted by Crippen LogP contribution is 2.36. The van der Waals surface area contributed by atoms with Crippen LogP contribution < -0.4 is 5.32 Å². The van der Waals surface area contributed by atoms with Gasteiger partial charge in [-0.25, -0.2) is 0 Å². The van der Waals surface area contributed by atoms with Gasteiger partial charge in [0.2, 0.25) is 5.91 Å². The van der Waals surface area contributed by atoms with E-state index in [1.807, 2.05) is 24.3 Å². The van der Waals surface area contributed by atoms with Crippen molar-refractivity contribution in [3.8, 4) is 6.07 Å². The van der Waals surface area contributed by atoms with Gasteiger partial charge < -0.3 is 5.32 Å². The van der Waals surface area contributed by atoms with Crippen LogP contribution in [-0.2, 0) is 4.79 Å². The van der Waals surface area contributed by atoms with Gasteiger partial charge in [0.25, 0.3) is 0 Å². The van der Waals surface area contributed by atoms with E-state index in [0.717, 1.165) is 24.9 Å². The van der Waals surface area contributed by atoms with Crippen molar-refractivity contribution in [2.75, 3.05) is 5.32 Å². The summed E-state index contributed by atoms with van der Waals surface area (Å²) in [5, 5.41) is 12.3. The molecule has 1 aliphatic rings. The van der Waals surface area contributed by atoms with Gasteiger partial charge in [0.05, 0.1) is 6.07 Å². The number of hydrogen-bond donors (Lipinski definition) is 1. The van der Waals surface area contributed by atoms with Crippen molar-refractivity contribution < 1.29 is 4.79 Å². The van der Waals surface area contributed by atoms with Gasteiger partial charge in [0.15, 0.2) is 0 Å². The summed E-state index contributed by atoms with van der Waals surface area (Å²) < 4.78 is 0. The Balaban J connectivity index is 2.08. The average Bonchev–Trinajstić information content (AvgIpc) is 2.48. The van der Waals surface area contributed by atoms with Gasteiger partial charge >= 0.3 is 0 Å². The minimum Gasteiger partial charge on any atom is -0.325 e. The number of benzene rings is 1. The normalized spacial score (nSPS) is 17.5. The Morgan fingerprint density at radius 1 is 1.20 bits per heavy atom. The van der Waals surface area contributed by atoms with Gasteiger partial charge in [-0.05, 0) is 36.5 Å². The Kier molecular flexibility index (Phi) is 4.44. The second kappa shape index (κ2) is 6.09. The summed E-state index contributed by atoms with van der Waals surface area (Å²) in [5.74, 6) is 0.334. The van der Waals surface area contributed by atoms with Crippen molar-refractivity contribution in [1.29, 1.82) is 5.26 Å². The van der Waals surface area contributed by atoms with Crippen molar-refractivity contribution in [2.45, 2.75) is 51.9 Å². The molecule has 1 aromatic carbocycles. The fourth-order valence-corrected chi connectivity index (χ4v) is 2.75. The Hall–Kier alpha value is -1.82. The molecule has 0 bridgehead atoms. The maximum Gasteiger partial charge on any atom is 0.244 e. The lowest BCUT2D eigenvalue weighted by Gasteiger charge is -2.29. The third-order valence-electron chi connectivity index (χ3n) is 4.19. The number of nitriles is 1. The average molecular weight is 270 g/mol. The Morgan fingerprint density at radius 2 is 1.80 bits per heavy atom. The lowest BCUT2D eigenvalue weighted by molar-refractivity contribution is -0.124. The number of carbonyl (C=O) groups is 1. The Bertz CT molecular complexity index is 505. The predicted octanol–water partition coefficient (Wildman–Crippen LogP) is 4.22. The molecule has 1 fully saturated rings. The molecule has 0 aliphatic heterocycles. The standard InChI is InChI=1S/C17H22N2O/c1-13(2)14-6-8-15(9-7-14)19-16(20)17(12-18)10-4-3-5-11-17/h6-9,13H,3-5,10-11H2,1-2H3,(H,19,20). The van der Waals surface area contributed by atoms with E-state index in [-0.39, 0.29) is 5.91 Å². The molecule has 1 amide bonds. The minimum atomic E-state index is -0.824. The lowest BCUT2D eigenvalue weighted by atomic mass is 9.74. The molecule has 1 aliphatic carbocycles. The highest BCUT2D eigenvalue weighted by Gasteiger charge is 2.39. The number of anilines is 1. The van der Waals surface area contributed by atoms with Crippen LogP contribution in [0.1, 0.15) is 57.4 Å². The van der Waals surface area contributed by atoms with Crippen molar-refractivity contribution in [2.24, 2.45) is 5.41 Å². The molecule has 106 valence electrons. The van der Waals surface area contributed by atoms with E-state index < -0.39 is 5.41 Å². The quantitative estimate of drug-likeness (QED) is 0.893. The molecule has 0 unspecified atom stereocenters. The third-order valence-corrected chi connectivity index (χ3v) is 4.19. The second-order valence-electron chi connectivity index (χ2n) is 5.99. The summed E-state index contributed by atoms with van der Waals surface area (Å²) in [6, 6.07) is 10.1. The summed E-state index contributed by atoms with van der Waals surface area (Å²) in [4.78, 5) is 12.4. The van der Waals surface area contributed by atoms with E-state index in [1.165, 1.54) is 5.56 Å². The monoisotopic (exact) mass is 270 g/mol. The van der Waals surface area contributed by atoms with Crippen LogP contribution >= 0.6 is 0 Å². The van der Waals surface area contributed by atoms with Crippen LogP contribution in [0.4, 0.5) is 5.69 Å². The van der Waals surface area contributed by atoms with Crippen LogP contribution in [0.5, 0.6) is 0 Å². The molecular weight excluding hydrogens is 248 g/mol. The number of nitrogens with zero attached hydrogens (tertiary/aromatic N) is 1. The molecule has 0 heterocycles. The SMILES string of the molecule is CC(C)c1ccc(NC(=O)C2(C#N)CCCCC2)cc1. The Labute approximate surface area is 121 Å². The summed E-state index contributed by atoms with van der Waals surface area (Å²) in [6.45, 7) is 4.28. The number of hydrogen-bond acceptors (Lipinski definition) is 2. The van der Waals surface area contributed by atoms with E-state index in [1.54, 1.807) is 0 Å². The van der Waals surface area contributed by atoms with E-state index >= 15 is 0 Å². The molecule has 1 N–H and O–H groups in total. The molecule has 0 spiro atoms. The minimum absolute atomic E-state index is 0.142. The van der Waals surface area contributed by atoms with Gasteiger partial charge in [0, 0.05) is 5.69 Å². The van der Waals surface area contributed by atoms with Crippen molar-refractivity contribution >= 4 is 11.6 Å². The first kappa shape index (κ1) is 14.6. The molecule has 3 heteroatoms. The van der Waals surface area contributed by atoms with E-state index in [4.69, 9.17) is 0 Å². The highest BCUT2D eigenvalue weighted by atomic mass is 16.2. The maximum atomic E-state index is 12.4. The molecule has 2 rings (SSSR count). The summed E-state index contributed by atoms with van der Waals surface area (Å²) in [7, 11) is 0. The van der Waals surface area contributed by atoms with E-state index in [9.17, 15) is 10.1 Å². The molecule has 1 aromatic rings. The largest absolute Gasteiger partial charge is 0.325 e. The predicted molar refractivity (Wildman–Crippen MR) is 80.3 cm³/mol. The van der Waals surface area contributed by atoms with E-state index in [2.05, 4.69) is 25.2 Å². The van der Waals surface area contributed by atoms with Crippen LogP contribution in [0.25, 0.3) is 0 Å². The van der Waals surface area contributed by atoms with Crippen LogP contribution in [0, 0.1) is 16.7 Å². The first-order valence-corrected chi connectivity index (χ1v) is 7.40. The topological polar surface area (TPSA) is 52.9 Å². The molecule has 0 radical (unpaired) electrons. The molecule has 0 aromatic heterocycles. The fourth-order valence-electron chi connectivity index (χ4n) is 2.75. The molecule has 3 nitrogen and oxygen atoms in total. The third kappa shape index (κ3) is 3.01. The van der Waals surface area contributed by atoms with Gasteiger partial charge in [-0.15, -0.1) is 0 Å². The first-order chi connectivity index (χ1) is 9.57. The van der Waals surface area contributed by atoms with Crippen molar-refractivity contribution in [3.63, 3.8) is 0 Å². The fraction of sp³-hybridized carbons (Fsp3) is 0.529. The summed E-state index contributed by atoms with van der Waals surface area (Å²) in [5.41, 5.74) is 1.20. The number of nitrogens with one attached hydrogen (secondary N) is 1. The molecular formula is C17H22N2O. The maximum absolute atomic E-state index is 12.4.